The van der Waals surface area contributed by atoms with E-state index in [0.29, 0.717) is 5.41 Å². The van der Waals surface area contributed by atoms with E-state index in [2.05, 4.69) is 44.3 Å². The first-order chi connectivity index (χ1) is 6.96. The minimum absolute atomic E-state index is 0.356. The molecule has 0 aromatic rings. The average Bonchev–Trinajstić information content (AvgIpc) is 2.12. The molecule has 1 atom stereocenters. The Bertz CT molecular complexity index is 160. The molecule has 0 fully saturated rings. The molecule has 1 N–H and O–H groups in total. The molecule has 0 aromatic heterocycles. The Morgan fingerprint density at radius 1 is 1.40 bits per heavy atom. The Labute approximate surface area is 100 Å². The molecule has 1 unspecified atom stereocenters. The van der Waals surface area contributed by atoms with E-state index in [-0.39, 0.29) is 0 Å². The van der Waals surface area contributed by atoms with Crippen molar-refractivity contribution < 1.29 is 0 Å². The standard InChI is InChI=1S/C12H28N2S/c1-7-11(8-15-6)14(5)10-12(2,3)9-13-4/h11,13H,7-10H2,1-6H3. The molecular weight excluding hydrogens is 204 g/mol. The molecule has 0 spiro atoms. The Morgan fingerprint density at radius 3 is 2.40 bits per heavy atom. The summed E-state index contributed by atoms with van der Waals surface area (Å²) in [7, 11) is 4.28. The van der Waals surface area contributed by atoms with Crippen molar-refractivity contribution in [3.05, 3.63) is 0 Å². The van der Waals surface area contributed by atoms with Crippen molar-refractivity contribution in [3.63, 3.8) is 0 Å². The highest BCUT2D eigenvalue weighted by Crippen LogP contribution is 2.18. The van der Waals surface area contributed by atoms with Crippen LogP contribution in [0.1, 0.15) is 27.2 Å². The Hall–Kier alpha value is 0.270. The normalized spacial score (nSPS) is 14.6. The van der Waals surface area contributed by atoms with Crippen LogP contribution in [0.25, 0.3) is 0 Å². The zero-order chi connectivity index (χ0) is 11.9. The minimum atomic E-state index is 0.356. The van der Waals surface area contributed by atoms with Crippen LogP contribution >= 0.6 is 11.8 Å². The molecule has 0 heterocycles. The van der Waals surface area contributed by atoms with Crippen molar-refractivity contribution in [2.45, 2.75) is 33.2 Å². The molecule has 0 aliphatic heterocycles. The van der Waals surface area contributed by atoms with Gasteiger partial charge in [0, 0.05) is 24.9 Å². The summed E-state index contributed by atoms with van der Waals surface area (Å²) in [4.78, 5) is 2.51. The highest BCUT2D eigenvalue weighted by molar-refractivity contribution is 7.98. The quantitative estimate of drug-likeness (QED) is 0.691. The summed E-state index contributed by atoms with van der Waals surface area (Å²) in [6.07, 6.45) is 3.43. The van der Waals surface area contributed by atoms with E-state index < -0.39 is 0 Å². The number of thioether (sulfide) groups is 1. The van der Waals surface area contributed by atoms with Crippen LogP contribution in [0.5, 0.6) is 0 Å². The smallest absolute Gasteiger partial charge is 0.0180 e. The fourth-order valence-corrected chi connectivity index (χ4v) is 2.96. The lowest BCUT2D eigenvalue weighted by Crippen LogP contribution is -2.43. The van der Waals surface area contributed by atoms with Crippen molar-refractivity contribution in [1.29, 1.82) is 0 Å². The molecule has 0 amide bonds. The molecule has 0 saturated heterocycles. The van der Waals surface area contributed by atoms with Gasteiger partial charge >= 0.3 is 0 Å². The maximum Gasteiger partial charge on any atom is 0.0180 e. The van der Waals surface area contributed by atoms with Gasteiger partial charge in [0.25, 0.3) is 0 Å². The topological polar surface area (TPSA) is 15.3 Å². The Kier molecular flexibility index (Phi) is 7.66. The van der Waals surface area contributed by atoms with Gasteiger partial charge in [-0.15, -0.1) is 0 Å². The fourth-order valence-electron chi connectivity index (χ4n) is 2.09. The van der Waals surface area contributed by atoms with E-state index in [1.807, 2.05) is 18.8 Å². The molecular formula is C12H28N2S. The highest BCUT2D eigenvalue weighted by atomic mass is 32.2. The van der Waals surface area contributed by atoms with Crippen molar-refractivity contribution in [1.82, 2.24) is 10.2 Å². The zero-order valence-corrected chi connectivity index (χ0v) is 12.1. The van der Waals surface area contributed by atoms with Crippen LogP contribution < -0.4 is 5.32 Å². The first kappa shape index (κ1) is 15.3. The van der Waals surface area contributed by atoms with Crippen LogP contribution in [-0.4, -0.2) is 50.1 Å². The molecule has 0 aliphatic rings. The van der Waals surface area contributed by atoms with Crippen molar-refractivity contribution in [2.75, 3.05) is 39.2 Å². The fraction of sp³-hybridized carbons (Fsp3) is 1.00. The summed E-state index contributed by atoms with van der Waals surface area (Å²) < 4.78 is 0. The minimum Gasteiger partial charge on any atom is -0.319 e. The van der Waals surface area contributed by atoms with E-state index in [0.717, 1.165) is 19.1 Å². The first-order valence-corrected chi connectivity index (χ1v) is 7.20. The van der Waals surface area contributed by atoms with Crippen LogP contribution in [-0.2, 0) is 0 Å². The van der Waals surface area contributed by atoms with E-state index in [9.17, 15) is 0 Å². The van der Waals surface area contributed by atoms with Gasteiger partial charge in [0.15, 0.2) is 0 Å². The number of nitrogens with zero attached hydrogens (tertiary/aromatic N) is 1. The Balaban J connectivity index is 4.12. The lowest BCUT2D eigenvalue weighted by Gasteiger charge is -2.34. The molecule has 3 heteroatoms. The van der Waals surface area contributed by atoms with Crippen LogP contribution in [0.3, 0.4) is 0 Å². The van der Waals surface area contributed by atoms with Crippen molar-refractivity contribution >= 4 is 11.8 Å². The zero-order valence-electron chi connectivity index (χ0n) is 11.3. The molecule has 15 heavy (non-hydrogen) atoms. The second kappa shape index (κ2) is 7.53. The van der Waals surface area contributed by atoms with Gasteiger partial charge in [0.1, 0.15) is 0 Å². The maximum absolute atomic E-state index is 3.27. The van der Waals surface area contributed by atoms with Gasteiger partial charge in [-0.2, -0.15) is 11.8 Å². The molecule has 0 aromatic carbocycles. The summed E-state index contributed by atoms with van der Waals surface area (Å²) in [6.45, 7) is 9.17. The number of rotatable bonds is 8. The maximum atomic E-state index is 3.27. The van der Waals surface area contributed by atoms with Gasteiger partial charge in [0.05, 0.1) is 0 Å². The van der Waals surface area contributed by atoms with Crippen LogP contribution in [0, 0.1) is 5.41 Å². The molecule has 0 bridgehead atoms. The van der Waals surface area contributed by atoms with Gasteiger partial charge in [-0.1, -0.05) is 20.8 Å². The van der Waals surface area contributed by atoms with E-state index in [1.54, 1.807) is 0 Å². The third-order valence-corrected chi connectivity index (χ3v) is 3.50. The van der Waals surface area contributed by atoms with Gasteiger partial charge < -0.3 is 10.2 Å². The number of hydrogen-bond acceptors (Lipinski definition) is 3. The summed E-state index contributed by atoms with van der Waals surface area (Å²) in [6, 6.07) is 0.719. The van der Waals surface area contributed by atoms with Gasteiger partial charge in [-0.3, -0.25) is 0 Å². The summed E-state index contributed by atoms with van der Waals surface area (Å²) in [5.41, 5.74) is 0.356. The monoisotopic (exact) mass is 232 g/mol. The summed E-state index contributed by atoms with van der Waals surface area (Å²) in [5, 5.41) is 3.27. The molecule has 0 saturated carbocycles. The third kappa shape index (κ3) is 6.44. The largest absolute Gasteiger partial charge is 0.319 e. The third-order valence-electron chi connectivity index (χ3n) is 2.79. The lowest BCUT2D eigenvalue weighted by molar-refractivity contribution is 0.167. The van der Waals surface area contributed by atoms with Crippen molar-refractivity contribution in [3.8, 4) is 0 Å². The van der Waals surface area contributed by atoms with E-state index in [4.69, 9.17) is 0 Å². The van der Waals surface area contributed by atoms with Gasteiger partial charge in [0.2, 0.25) is 0 Å². The summed E-state index contributed by atoms with van der Waals surface area (Å²) >= 11 is 1.94. The van der Waals surface area contributed by atoms with Gasteiger partial charge in [-0.25, -0.2) is 0 Å². The molecule has 0 rings (SSSR count). The van der Waals surface area contributed by atoms with Crippen LogP contribution in [0.15, 0.2) is 0 Å². The first-order valence-electron chi connectivity index (χ1n) is 5.80. The van der Waals surface area contributed by atoms with Crippen molar-refractivity contribution in [2.24, 2.45) is 5.41 Å². The molecule has 92 valence electrons. The Morgan fingerprint density at radius 2 is 2.00 bits per heavy atom. The molecule has 0 aliphatic carbocycles. The second-order valence-electron chi connectivity index (χ2n) is 5.13. The van der Waals surface area contributed by atoms with E-state index in [1.165, 1.54) is 12.2 Å². The highest BCUT2D eigenvalue weighted by Gasteiger charge is 2.22. The second-order valence-corrected chi connectivity index (χ2v) is 6.04. The van der Waals surface area contributed by atoms with Crippen LogP contribution in [0.2, 0.25) is 0 Å². The predicted octanol–water partition coefficient (Wildman–Crippen LogP) is 2.31. The van der Waals surface area contributed by atoms with Crippen LogP contribution in [0.4, 0.5) is 0 Å². The SMILES string of the molecule is CCC(CSC)N(C)CC(C)(C)CNC. The average molecular weight is 232 g/mol. The predicted molar refractivity (Wildman–Crippen MR) is 72.8 cm³/mol. The number of nitrogens with one attached hydrogen (secondary N) is 1. The lowest BCUT2D eigenvalue weighted by atomic mass is 9.92. The van der Waals surface area contributed by atoms with Gasteiger partial charge in [-0.05, 0) is 32.2 Å². The molecule has 0 radical (unpaired) electrons. The summed E-state index contributed by atoms with van der Waals surface area (Å²) in [5.74, 6) is 1.24. The van der Waals surface area contributed by atoms with E-state index >= 15 is 0 Å². The molecule has 2 nitrogen and oxygen atoms in total. The number of hydrogen-bond donors (Lipinski definition) is 1.